The predicted octanol–water partition coefficient (Wildman–Crippen LogP) is 2.16. The first-order valence-electron chi connectivity index (χ1n) is 5.56. The van der Waals surface area contributed by atoms with E-state index in [-0.39, 0.29) is 11.3 Å². The number of nitrogens with one attached hydrogen (secondary N) is 1. The maximum absolute atomic E-state index is 13.4. The molecule has 92 valence electrons. The smallest absolute Gasteiger partial charge is 0.258 e. The van der Waals surface area contributed by atoms with E-state index in [9.17, 15) is 14.3 Å². The number of rotatable bonds is 3. The number of carbonyl (C=O) groups is 1. The number of thioether (sulfide) groups is 1. The SMILES string of the molecule is O=C(NCC1CCCS1)c1c(O)cccc1F. The van der Waals surface area contributed by atoms with Crippen LogP contribution in [0.4, 0.5) is 4.39 Å². The number of aromatic hydroxyl groups is 1. The van der Waals surface area contributed by atoms with Gasteiger partial charge in [0.05, 0.1) is 0 Å². The summed E-state index contributed by atoms with van der Waals surface area (Å²) in [4.78, 5) is 11.7. The highest BCUT2D eigenvalue weighted by atomic mass is 32.2. The zero-order chi connectivity index (χ0) is 12.3. The van der Waals surface area contributed by atoms with Gasteiger partial charge in [0.1, 0.15) is 17.1 Å². The highest BCUT2D eigenvalue weighted by Crippen LogP contribution is 2.25. The Bertz CT molecular complexity index is 399. The zero-order valence-electron chi connectivity index (χ0n) is 9.28. The maximum Gasteiger partial charge on any atom is 0.258 e. The molecule has 1 saturated heterocycles. The molecule has 17 heavy (non-hydrogen) atoms. The fourth-order valence-corrected chi connectivity index (χ4v) is 3.04. The van der Waals surface area contributed by atoms with Gasteiger partial charge in [0.15, 0.2) is 0 Å². The Balaban J connectivity index is 1.99. The van der Waals surface area contributed by atoms with E-state index in [0.717, 1.165) is 18.6 Å². The summed E-state index contributed by atoms with van der Waals surface area (Å²) in [7, 11) is 0. The highest BCUT2D eigenvalue weighted by Gasteiger charge is 2.20. The van der Waals surface area contributed by atoms with Crippen LogP contribution in [0.15, 0.2) is 18.2 Å². The van der Waals surface area contributed by atoms with Crippen molar-refractivity contribution in [1.82, 2.24) is 5.32 Å². The van der Waals surface area contributed by atoms with Crippen molar-refractivity contribution >= 4 is 17.7 Å². The Kier molecular flexibility index (Phi) is 3.89. The summed E-state index contributed by atoms with van der Waals surface area (Å²) in [6, 6.07) is 3.84. The Hall–Kier alpha value is -1.23. The largest absolute Gasteiger partial charge is 0.507 e. The van der Waals surface area contributed by atoms with Crippen molar-refractivity contribution in [3.63, 3.8) is 0 Å². The zero-order valence-corrected chi connectivity index (χ0v) is 10.1. The van der Waals surface area contributed by atoms with Gasteiger partial charge in [-0.05, 0) is 30.7 Å². The van der Waals surface area contributed by atoms with Crippen LogP contribution < -0.4 is 5.32 Å². The Morgan fingerprint density at radius 2 is 2.41 bits per heavy atom. The number of hydrogen-bond donors (Lipinski definition) is 2. The Labute approximate surface area is 103 Å². The first kappa shape index (κ1) is 12.2. The maximum atomic E-state index is 13.4. The lowest BCUT2D eigenvalue weighted by Gasteiger charge is -2.11. The molecule has 0 spiro atoms. The molecule has 2 N–H and O–H groups in total. The topological polar surface area (TPSA) is 49.3 Å². The second-order valence-corrected chi connectivity index (χ2v) is 5.39. The van der Waals surface area contributed by atoms with Crippen LogP contribution in [0.3, 0.4) is 0 Å². The van der Waals surface area contributed by atoms with Gasteiger partial charge in [-0.1, -0.05) is 6.07 Å². The number of amides is 1. The average Bonchev–Trinajstić information content (AvgIpc) is 2.79. The highest BCUT2D eigenvalue weighted by molar-refractivity contribution is 8.00. The molecule has 2 rings (SSSR count). The van der Waals surface area contributed by atoms with Crippen LogP contribution in [-0.4, -0.2) is 28.6 Å². The van der Waals surface area contributed by atoms with Crippen LogP contribution in [0, 0.1) is 5.82 Å². The second kappa shape index (κ2) is 5.40. The molecule has 1 aromatic carbocycles. The predicted molar refractivity (Wildman–Crippen MR) is 65.9 cm³/mol. The van der Waals surface area contributed by atoms with Gasteiger partial charge in [0.2, 0.25) is 0 Å². The minimum absolute atomic E-state index is 0.268. The second-order valence-electron chi connectivity index (χ2n) is 3.98. The van der Waals surface area contributed by atoms with Crippen LogP contribution in [0.25, 0.3) is 0 Å². The van der Waals surface area contributed by atoms with Crippen LogP contribution in [-0.2, 0) is 0 Å². The summed E-state index contributed by atoms with van der Waals surface area (Å²) < 4.78 is 13.4. The van der Waals surface area contributed by atoms with Gasteiger partial charge in [-0.15, -0.1) is 0 Å². The summed E-state index contributed by atoms with van der Waals surface area (Å²) in [5.41, 5.74) is -0.268. The summed E-state index contributed by atoms with van der Waals surface area (Å²) in [5, 5.41) is 12.5. The lowest BCUT2D eigenvalue weighted by Crippen LogP contribution is -2.30. The van der Waals surface area contributed by atoms with Crippen molar-refractivity contribution in [2.75, 3.05) is 12.3 Å². The first-order valence-corrected chi connectivity index (χ1v) is 6.60. The van der Waals surface area contributed by atoms with E-state index >= 15 is 0 Å². The van der Waals surface area contributed by atoms with Crippen molar-refractivity contribution in [2.24, 2.45) is 0 Å². The van der Waals surface area contributed by atoms with Gasteiger partial charge in [-0.25, -0.2) is 4.39 Å². The van der Waals surface area contributed by atoms with Crippen LogP contribution >= 0.6 is 11.8 Å². The van der Waals surface area contributed by atoms with E-state index in [1.165, 1.54) is 18.2 Å². The molecule has 0 saturated carbocycles. The molecule has 1 atom stereocenters. The van der Waals surface area contributed by atoms with Gasteiger partial charge in [0, 0.05) is 11.8 Å². The fourth-order valence-electron chi connectivity index (χ4n) is 1.84. The molecule has 1 aromatic rings. The van der Waals surface area contributed by atoms with Gasteiger partial charge < -0.3 is 10.4 Å². The fraction of sp³-hybridized carbons (Fsp3) is 0.417. The third-order valence-corrected chi connectivity index (χ3v) is 4.13. The molecular weight excluding hydrogens is 241 g/mol. The van der Waals surface area contributed by atoms with E-state index in [0.29, 0.717) is 11.8 Å². The van der Waals surface area contributed by atoms with Gasteiger partial charge in [-0.2, -0.15) is 11.8 Å². The van der Waals surface area contributed by atoms with Gasteiger partial charge >= 0.3 is 0 Å². The number of benzene rings is 1. The van der Waals surface area contributed by atoms with Crippen molar-refractivity contribution in [3.8, 4) is 5.75 Å². The Morgan fingerprint density at radius 1 is 1.59 bits per heavy atom. The number of carbonyl (C=O) groups excluding carboxylic acids is 1. The summed E-state index contributed by atoms with van der Waals surface area (Å²) in [5.74, 6) is -0.442. The van der Waals surface area contributed by atoms with E-state index < -0.39 is 11.7 Å². The number of hydrogen-bond acceptors (Lipinski definition) is 3. The Morgan fingerprint density at radius 3 is 3.06 bits per heavy atom. The molecule has 1 heterocycles. The summed E-state index contributed by atoms with van der Waals surface area (Å²) >= 11 is 1.82. The van der Waals surface area contributed by atoms with Crippen LogP contribution in [0.1, 0.15) is 23.2 Å². The van der Waals surface area contributed by atoms with Crippen LogP contribution in [0.5, 0.6) is 5.75 Å². The van der Waals surface area contributed by atoms with Crippen molar-refractivity contribution in [1.29, 1.82) is 0 Å². The quantitative estimate of drug-likeness (QED) is 0.870. The molecule has 0 aromatic heterocycles. The average molecular weight is 255 g/mol. The molecule has 0 bridgehead atoms. The minimum atomic E-state index is -0.693. The van der Waals surface area contributed by atoms with E-state index in [4.69, 9.17) is 0 Å². The van der Waals surface area contributed by atoms with Gasteiger partial charge in [-0.3, -0.25) is 4.79 Å². The molecule has 1 fully saturated rings. The molecule has 1 unspecified atom stereocenters. The molecule has 1 aliphatic rings. The first-order chi connectivity index (χ1) is 8.18. The third kappa shape index (κ3) is 2.91. The van der Waals surface area contributed by atoms with Gasteiger partial charge in [0.25, 0.3) is 5.91 Å². The lowest BCUT2D eigenvalue weighted by molar-refractivity contribution is 0.0947. The number of phenols is 1. The molecule has 1 aliphatic heterocycles. The molecule has 0 aliphatic carbocycles. The summed E-state index contributed by atoms with van der Waals surface area (Å²) in [6.07, 6.45) is 2.24. The lowest BCUT2D eigenvalue weighted by atomic mass is 10.1. The normalized spacial score (nSPS) is 19.2. The van der Waals surface area contributed by atoms with Crippen molar-refractivity contribution in [2.45, 2.75) is 18.1 Å². The molecule has 0 radical (unpaired) electrons. The van der Waals surface area contributed by atoms with Crippen molar-refractivity contribution in [3.05, 3.63) is 29.6 Å². The van der Waals surface area contributed by atoms with E-state index in [1.807, 2.05) is 11.8 Å². The minimum Gasteiger partial charge on any atom is -0.507 e. The summed E-state index contributed by atoms with van der Waals surface area (Å²) in [6.45, 7) is 0.525. The van der Waals surface area contributed by atoms with Crippen molar-refractivity contribution < 1.29 is 14.3 Å². The van der Waals surface area contributed by atoms with Crippen LogP contribution in [0.2, 0.25) is 0 Å². The molecule has 3 nitrogen and oxygen atoms in total. The number of halogens is 1. The van der Waals surface area contributed by atoms with E-state index in [2.05, 4.69) is 5.32 Å². The third-order valence-electron chi connectivity index (χ3n) is 2.73. The molecule has 5 heteroatoms. The monoisotopic (exact) mass is 255 g/mol. The molecule has 1 amide bonds. The van der Waals surface area contributed by atoms with E-state index in [1.54, 1.807) is 0 Å². The number of phenolic OH excluding ortho intramolecular Hbond substituents is 1. The standard InChI is InChI=1S/C12H14FNO2S/c13-9-4-1-5-10(15)11(9)12(16)14-7-8-3-2-6-17-8/h1,4-5,8,15H,2-3,6-7H2,(H,14,16). The molecular formula is C12H14FNO2S.